The van der Waals surface area contributed by atoms with Gasteiger partial charge in [0.25, 0.3) is 5.91 Å². The number of hydrogen-bond acceptors (Lipinski definition) is 8. The maximum absolute atomic E-state index is 13.9. The average molecular weight is 530 g/mol. The van der Waals surface area contributed by atoms with Crippen LogP contribution in [0.5, 0.6) is 0 Å². The third kappa shape index (κ3) is 4.42. The molecule has 3 aromatic heterocycles. The first-order valence-electron chi connectivity index (χ1n) is 12.1. The number of pyridine rings is 1. The number of nitrogens with zero attached hydrogens (tertiary/aromatic N) is 6. The number of carbonyl (C=O) groups excluding carboxylic acids is 1. The summed E-state index contributed by atoms with van der Waals surface area (Å²) in [6.07, 6.45) is -0.253. The second kappa shape index (κ2) is 8.66. The van der Waals surface area contributed by atoms with Crippen LogP contribution in [0.15, 0.2) is 30.6 Å². The lowest BCUT2D eigenvalue weighted by atomic mass is 9.95. The van der Waals surface area contributed by atoms with Gasteiger partial charge in [0.2, 0.25) is 5.95 Å². The fourth-order valence-electron chi connectivity index (χ4n) is 5.06. The van der Waals surface area contributed by atoms with Crippen LogP contribution in [0.25, 0.3) is 10.6 Å². The molecule has 0 radical (unpaired) electrons. The van der Waals surface area contributed by atoms with E-state index in [0.717, 1.165) is 55.8 Å². The summed E-state index contributed by atoms with van der Waals surface area (Å²) in [7, 11) is 3.82. The number of fused-ring (bicyclic) bond motifs is 2. The molecule has 1 saturated heterocycles. The highest BCUT2D eigenvalue weighted by atomic mass is 32.1. The molecule has 2 aliphatic heterocycles. The molecule has 0 atom stereocenters. The number of anilines is 3. The summed E-state index contributed by atoms with van der Waals surface area (Å²) < 4.78 is 41.8. The summed E-state index contributed by atoms with van der Waals surface area (Å²) >= 11 is 1.24. The minimum absolute atomic E-state index is 0.0128. The Morgan fingerprint density at radius 3 is 2.46 bits per heavy atom. The molecule has 12 heteroatoms. The fourth-order valence-corrected chi connectivity index (χ4v) is 6.45. The summed E-state index contributed by atoms with van der Waals surface area (Å²) in [5.74, 6) is 0.280. The van der Waals surface area contributed by atoms with Gasteiger partial charge in [0.15, 0.2) is 0 Å². The first-order chi connectivity index (χ1) is 17.6. The zero-order valence-electron chi connectivity index (χ0n) is 20.5. The van der Waals surface area contributed by atoms with Crippen molar-refractivity contribution in [3.8, 4) is 10.6 Å². The number of halogens is 3. The number of alkyl halides is 3. The van der Waals surface area contributed by atoms with Crippen LogP contribution in [0, 0.1) is 0 Å². The van der Waals surface area contributed by atoms with E-state index < -0.39 is 11.7 Å². The van der Waals surface area contributed by atoms with Gasteiger partial charge in [0.05, 0.1) is 28.0 Å². The number of likely N-dealkylation sites (N-methyl/N-ethyl adjacent to an activating group) is 2. The van der Waals surface area contributed by atoms with Crippen LogP contribution in [-0.2, 0) is 11.6 Å². The Hall–Kier alpha value is -3.25. The molecule has 3 aliphatic rings. The van der Waals surface area contributed by atoms with Gasteiger partial charge in [-0.3, -0.25) is 4.79 Å². The van der Waals surface area contributed by atoms with E-state index >= 15 is 0 Å². The van der Waals surface area contributed by atoms with Crippen LogP contribution >= 0.6 is 11.3 Å². The lowest BCUT2D eigenvalue weighted by Crippen LogP contribution is -2.44. The molecule has 1 spiro atoms. The normalized spacial score (nSPS) is 19.3. The molecule has 1 N–H and O–H groups in total. The summed E-state index contributed by atoms with van der Waals surface area (Å²) in [5, 5.41) is 2.94. The van der Waals surface area contributed by atoms with Crippen LogP contribution in [0.3, 0.4) is 0 Å². The molecule has 1 amide bonds. The molecule has 0 unspecified atom stereocenters. The minimum atomic E-state index is -4.64. The van der Waals surface area contributed by atoms with Crippen molar-refractivity contribution < 1.29 is 18.0 Å². The fraction of sp³-hybridized carbons (Fsp3) is 0.440. The molecular formula is C25H26F3N7OS. The van der Waals surface area contributed by atoms with Crippen molar-refractivity contribution in [2.24, 2.45) is 0 Å². The summed E-state index contributed by atoms with van der Waals surface area (Å²) in [4.78, 5) is 32.7. The number of hydrogen-bond donors (Lipinski definition) is 1. The van der Waals surface area contributed by atoms with E-state index in [9.17, 15) is 18.0 Å². The molecule has 8 nitrogen and oxygen atoms in total. The zero-order valence-corrected chi connectivity index (χ0v) is 21.3. The zero-order chi connectivity index (χ0) is 25.9. The van der Waals surface area contributed by atoms with E-state index in [0.29, 0.717) is 22.8 Å². The third-order valence-electron chi connectivity index (χ3n) is 7.37. The Balaban J connectivity index is 1.31. The molecule has 0 aromatic carbocycles. The van der Waals surface area contributed by atoms with Crippen LogP contribution in [-0.4, -0.2) is 77.5 Å². The molecule has 1 saturated carbocycles. The Morgan fingerprint density at radius 1 is 1.05 bits per heavy atom. The van der Waals surface area contributed by atoms with Gasteiger partial charge in [-0.25, -0.2) is 15.0 Å². The number of nitrogens with one attached hydrogen (secondary N) is 1. The van der Waals surface area contributed by atoms with E-state index in [1.165, 1.54) is 11.3 Å². The largest absolute Gasteiger partial charge is 0.420 e. The summed E-state index contributed by atoms with van der Waals surface area (Å²) in [6, 6.07) is 5.25. The topological polar surface area (TPSA) is 77.5 Å². The average Bonchev–Trinajstić information content (AvgIpc) is 3.48. The molecular weight excluding hydrogens is 503 g/mol. The lowest BCUT2D eigenvalue weighted by Gasteiger charge is -2.33. The highest BCUT2D eigenvalue weighted by Gasteiger charge is 2.52. The van der Waals surface area contributed by atoms with Crippen LogP contribution < -0.4 is 10.2 Å². The SMILES string of the molecule is CN1CCN(c2ccc(Nc3ncc(C(F)(F)F)c(-c4cc5c(s4)C4(CC4)CN(C)C5=O)n3)nc2)CC1. The number of carbonyl (C=O) groups is 1. The maximum Gasteiger partial charge on any atom is 0.420 e. The maximum atomic E-state index is 13.9. The van der Waals surface area contributed by atoms with Gasteiger partial charge in [0.1, 0.15) is 11.4 Å². The van der Waals surface area contributed by atoms with E-state index in [1.807, 2.05) is 6.07 Å². The Labute approximate surface area is 216 Å². The van der Waals surface area contributed by atoms with Crippen molar-refractivity contribution in [2.45, 2.75) is 24.4 Å². The smallest absolute Gasteiger partial charge is 0.368 e. The number of aromatic nitrogens is 3. The van der Waals surface area contributed by atoms with Crippen molar-refractivity contribution in [1.82, 2.24) is 24.8 Å². The second-order valence-electron chi connectivity index (χ2n) is 10.1. The van der Waals surface area contributed by atoms with E-state index in [2.05, 4.69) is 37.1 Å². The molecule has 37 heavy (non-hydrogen) atoms. The highest BCUT2D eigenvalue weighted by Crippen LogP contribution is 2.56. The standard InChI is InChI=1S/C25H26F3N7OS/c1-33-7-9-35(10-8-33)15-3-4-19(29-12-15)31-23-30-13-17(25(26,27)28)20(32-23)18-11-16-21(37-18)24(5-6-24)14-34(2)22(16)36/h3-4,11-13H,5-10,14H2,1-2H3,(H,29,30,31,32). The predicted octanol–water partition coefficient (Wildman–Crippen LogP) is 4.23. The van der Waals surface area contributed by atoms with E-state index in [1.54, 1.807) is 30.3 Å². The molecule has 194 valence electrons. The first-order valence-corrected chi connectivity index (χ1v) is 13.0. The molecule has 0 bridgehead atoms. The highest BCUT2D eigenvalue weighted by molar-refractivity contribution is 7.16. The molecule has 6 rings (SSSR count). The van der Waals surface area contributed by atoms with Gasteiger partial charge in [-0.15, -0.1) is 11.3 Å². The molecule has 2 fully saturated rings. The molecule has 1 aliphatic carbocycles. The summed E-state index contributed by atoms with van der Waals surface area (Å²) in [6.45, 7) is 4.34. The van der Waals surface area contributed by atoms with Crippen LogP contribution in [0.1, 0.15) is 33.6 Å². The van der Waals surface area contributed by atoms with Gasteiger partial charge in [-0.1, -0.05) is 0 Å². The quantitative estimate of drug-likeness (QED) is 0.542. The number of thiophene rings is 1. The monoisotopic (exact) mass is 529 g/mol. The van der Waals surface area contributed by atoms with E-state index in [-0.39, 0.29) is 23.0 Å². The van der Waals surface area contributed by atoms with Gasteiger partial charge < -0.3 is 20.0 Å². The van der Waals surface area contributed by atoms with Gasteiger partial charge in [-0.2, -0.15) is 13.2 Å². The Kier molecular flexibility index (Phi) is 5.64. The van der Waals surface area contributed by atoms with Crippen LogP contribution in [0.2, 0.25) is 0 Å². The van der Waals surface area contributed by atoms with Gasteiger partial charge in [0, 0.05) is 56.3 Å². The number of amides is 1. The van der Waals surface area contributed by atoms with Crippen molar-refractivity contribution in [3.63, 3.8) is 0 Å². The van der Waals surface area contributed by atoms with Crippen molar-refractivity contribution >= 4 is 34.7 Å². The summed E-state index contributed by atoms with van der Waals surface area (Å²) in [5.41, 5.74) is 0.169. The third-order valence-corrected chi connectivity index (χ3v) is 8.76. The van der Waals surface area contributed by atoms with Crippen molar-refractivity contribution in [3.05, 3.63) is 46.6 Å². The minimum Gasteiger partial charge on any atom is -0.368 e. The lowest BCUT2D eigenvalue weighted by molar-refractivity contribution is -0.137. The number of piperazine rings is 1. The van der Waals surface area contributed by atoms with Gasteiger partial charge in [-0.05, 0) is 38.1 Å². The van der Waals surface area contributed by atoms with Gasteiger partial charge >= 0.3 is 6.18 Å². The van der Waals surface area contributed by atoms with Crippen LogP contribution in [0.4, 0.5) is 30.6 Å². The Morgan fingerprint density at radius 2 is 1.81 bits per heavy atom. The predicted molar refractivity (Wildman–Crippen MR) is 135 cm³/mol. The van der Waals surface area contributed by atoms with E-state index in [4.69, 9.17) is 0 Å². The number of rotatable bonds is 4. The molecule has 3 aromatic rings. The van der Waals surface area contributed by atoms with Crippen molar-refractivity contribution in [2.75, 3.05) is 57.0 Å². The first kappa shape index (κ1) is 24.1. The molecule has 5 heterocycles. The second-order valence-corrected chi connectivity index (χ2v) is 11.1. The Bertz CT molecular complexity index is 1350. The van der Waals surface area contributed by atoms with Crippen molar-refractivity contribution in [1.29, 1.82) is 0 Å².